The van der Waals surface area contributed by atoms with Crippen LogP contribution in [-0.4, -0.2) is 50.5 Å². The van der Waals surface area contributed by atoms with Crippen LogP contribution in [0.1, 0.15) is 42.9 Å². The summed E-state index contributed by atoms with van der Waals surface area (Å²) in [6.45, 7) is 3.75. The third-order valence-corrected chi connectivity index (χ3v) is 7.88. The van der Waals surface area contributed by atoms with E-state index in [9.17, 15) is 18.0 Å². The maximum Gasteiger partial charge on any atom is 0.332 e. The van der Waals surface area contributed by atoms with Crippen molar-refractivity contribution in [3.63, 3.8) is 0 Å². The van der Waals surface area contributed by atoms with Crippen LogP contribution in [0.2, 0.25) is 10.0 Å². The van der Waals surface area contributed by atoms with E-state index in [2.05, 4.69) is 15.3 Å². The molecule has 9 nitrogen and oxygen atoms in total. The number of nitrogens with zero attached hydrogens (tertiary/aromatic N) is 2. The number of carbonyl (C=O) groups is 2. The van der Waals surface area contributed by atoms with Crippen molar-refractivity contribution in [3.05, 3.63) is 63.1 Å². The third-order valence-electron chi connectivity index (χ3n) is 5.27. The molecule has 0 heterocycles. The minimum Gasteiger partial charge on any atom is -0.380 e. The van der Waals surface area contributed by atoms with E-state index in [0.29, 0.717) is 48.5 Å². The number of carbonyl (C=O) groups excluding carboxylic acids is 2. The van der Waals surface area contributed by atoms with E-state index in [1.807, 2.05) is 12.1 Å². The Morgan fingerprint density at radius 1 is 1.11 bits per heavy atom. The van der Waals surface area contributed by atoms with Crippen molar-refractivity contribution in [3.8, 4) is 0 Å². The molecule has 0 aliphatic carbocycles. The Bertz CT molecular complexity index is 1220. The highest BCUT2D eigenvalue weighted by Crippen LogP contribution is 2.30. The molecule has 0 fully saturated rings. The Balaban J connectivity index is 1.73. The average molecular weight is 558 g/mol. The normalized spacial score (nSPS) is 11.9. The number of oxime groups is 1. The summed E-state index contributed by atoms with van der Waals surface area (Å²) in [6.07, 6.45) is 1.59. The average Bonchev–Trinajstić information content (AvgIpc) is 2.83. The zero-order valence-corrected chi connectivity index (χ0v) is 22.7. The van der Waals surface area contributed by atoms with Gasteiger partial charge in [0.05, 0.1) is 9.92 Å². The number of amidine groups is 1. The first-order valence-corrected chi connectivity index (χ1v) is 13.6. The lowest BCUT2D eigenvalue weighted by Crippen LogP contribution is -2.27. The molecule has 0 aliphatic rings. The molecule has 0 spiro atoms. The number of unbranched alkanes of at least 4 members (excludes halogenated alkanes) is 1. The topological polar surface area (TPSA) is 131 Å². The van der Waals surface area contributed by atoms with Crippen LogP contribution < -0.4 is 11.1 Å². The molecule has 0 radical (unpaired) electrons. The quantitative estimate of drug-likeness (QED) is 0.134. The van der Waals surface area contributed by atoms with Gasteiger partial charge >= 0.3 is 5.97 Å². The van der Waals surface area contributed by atoms with Gasteiger partial charge in [0.2, 0.25) is 5.91 Å². The molecule has 36 heavy (non-hydrogen) atoms. The maximum absolute atomic E-state index is 12.6. The highest BCUT2D eigenvalue weighted by molar-refractivity contribution is 7.91. The van der Waals surface area contributed by atoms with Gasteiger partial charge < -0.3 is 20.8 Å². The number of hydrogen-bond acceptors (Lipinski definition) is 7. The molecule has 0 aromatic heterocycles. The van der Waals surface area contributed by atoms with Crippen molar-refractivity contribution < 1.29 is 22.8 Å². The predicted molar refractivity (Wildman–Crippen MR) is 141 cm³/mol. The van der Waals surface area contributed by atoms with E-state index in [1.165, 1.54) is 19.1 Å². The van der Waals surface area contributed by atoms with Crippen LogP contribution in [0.4, 0.5) is 0 Å². The van der Waals surface area contributed by atoms with Crippen LogP contribution in [0.3, 0.4) is 0 Å². The Hall–Kier alpha value is -2.66. The first-order chi connectivity index (χ1) is 16.9. The molecule has 0 bridgehead atoms. The van der Waals surface area contributed by atoms with Gasteiger partial charge in [-0.3, -0.25) is 4.79 Å². The minimum absolute atomic E-state index is 0.0222. The fourth-order valence-corrected chi connectivity index (χ4v) is 5.18. The molecular formula is C24H30Cl2N4O5S. The Labute approximate surface area is 221 Å². The number of halogens is 2. The second-order valence-corrected chi connectivity index (χ2v) is 10.9. The lowest BCUT2D eigenvalue weighted by molar-refractivity contribution is -0.141. The van der Waals surface area contributed by atoms with Crippen LogP contribution >= 0.6 is 23.2 Å². The maximum atomic E-state index is 12.6. The molecule has 0 atom stereocenters. The lowest BCUT2D eigenvalue weighted by Gasteiger charge is -2.17. The monoisotopic (exact) mass is 556 g/mol. The molecule has 2 aromatic carbocycles. The van der Waals surface area contributed by atoms with Crippen LogP contribution in [0.15, 0.2) is 46.4 Å². The van der Waals surface area contributed by atoms with E-state index in [4.69, 9.17) is 28.9 Å². The van der Waals surface area contributed by atoms with E-state index < -0.39 is 15.8 Å². The van der Waals surface area contributed by atoms with Gasteiger partial charge in [0.25, 0.3) is 0 Å². The Kier molecular flexibility index (Phi) is 11.2. The van der Waals surface area contributed by atoms with E-state index in [1.54, 1.807) is 31.0 Å². The van der Waals surface area contributed by atoms with Crippen molar-refractivity contribution in [1.29, 1.82) is 0 Å². The molecule has 196 valence electrons. The summed E-state index contributed by atoms with van der Waals surface area (Å²) < 4.78 is 25.1. The number of nitrogens with two attached hydrogens (primary N) is 1. The zero-order chi connectivity index (χ0) is 26.9. The Morgan fingerprint density at radius 3 is 2.42 bits per heavy atom. The van der Waals surface area contributed by atoms with Crippen LogP contribution in [0.25, 0.3) is 0 Å². The van der Waals surface area contributed by atoms with Crippen molar-refractivity contribution in [1.82, 2.24) is 10.2 Å². The number of benzene rings is 2. The van der Waals surface area contributed by atoms with Crippen LogP contribution in [-0.2, 0) is 30.8 Å². The molecule has 2 aromatic rings. The molecular weight excluding hydrogens is 527 g/mol. The van der Waals surface area contributed by atoms with Crippen LogP contribution in [0.5, 0.6) is 0 Å². The van der Waals surface area contributed by atoms with Crippen molar-refractivity contribution in [2.75, 3.05) is 19.5 Å². The largest absolute Gasteiger partial charge is 0.380 e. The van der Waals surface area contributed by atoms with Gasteiger partial charge in [0, 0.05) is 37.5 Å². The number of hydrogen-bond donors (Lipinski definition) is 2. The molecule has 0 unspecified atom stereocenters. The highest BCUT2D eigenvalue weighted by Gasteiger charge is 2.20. The summed E-state index contributed by atoms with van der Waals surface area (Å²) in [5, 5.41) is 6.99. The second kappa shape index (κ2) is 13.6. The molecule has 2 rings (SSSR count). The predicted octanol–water partition coefficient (Wildman–Crippen LogP) is 3.63. The van der Waals surface area contributed by atoms with Gasteiger partial charge in [-0.15, -0.1) is 0 Å². The van der Waals surface area contributed by atoms with Gasteiger partial charge in [-0.1, -0.05) is 52.6 Å². The smallest absolute Gasteiger partial charge is 0.332 e. The van der Waals surface area contributed by atoms with Crippen LogP contribution in [0, 0.1) is 6.92 Å². The summed E-state index contributed by atoms with van der Waals surface area (Å²) in [5.41, 5.74) is 7.78. The molecule has 0 saturated carbocycles. The summed E-state index contributed by atoms with van der Waals surface area (Å²) in [5.74, 6) is -0.762. The zero-order valence-electron chi connectivity index (χ0n) is 20.4. The first kappa shape index (κ1) is 29.6. The van der Waals surface area contributed by atoms with Gasteiger partial charge in [0.15, 0.2) is 15.7 Å². The number of amides is 1. The van der Waals surface area contributed by atoms with Gasteiger partial charge in [-0.05, 0) is 49.6 Å². The SMILES string of the molecule is CC(=O)O/N=C(/N)c1ccc(CN(C)C(=O)CCCCNCS(=O)(=O)c2ccc(Cl)c(C)c2Cl)cc1. The van der Waals surface area contributed by atoms with Crippen molar-refractivity contribution in [2.45, 2.75) is 44.6 Å². The first-order valence-electron chi connectivity index (χ1n) is 11.1. The van der Waals surface area contributed by atoms with Crippen molar-refractivity contribution in [2.24, 2.45) is 10.9 Å². The highest BCUT2D eigenvalue weighted by atomic mass is 35.5. The van der Waals surface area contributed by atoms with Gasteiger partial charge in [-0.25, -0.2) is 13.2 Å². The van der Waals surface area contributed by atoms with Crippen molar-refractivity contribution >= 4 is 50.8 Å². The number of sulfone groups is 1. The van der Waals surface area contributed by atoms with E-state index in [-0.39, 0.29) is 27.5 Å². The van der Waals surface area contributed by atoms with Gasteiger partial charge in [-0.2, -0.15) is 0 Å². The summed E-state index contributed by atoms with van der Waals surface area (Å²) in [7, 11) is -1.89. The summed E-state index contributed by atoms with van der Waals surface area (Å²) >= 11 is 12.1. The van der Waals surface area contributed by atoms with Gasteiger partial charge in [0.1, 0.15) is 5.88 Å². The van der Waals surface area contributed by atoms with E-state index in [0.717, 1.165) is 5.56 Å². The number of rotatable bonds is 12. The molecule has 3 N–H and O–H groups in total. The summed E-state index contributed by atoms with van der Waals surface area (Å²) in [4.78, 5) is 29.4. The lowest BCUT2D eigenvalue weighted by atomic mass is 10.1. The van der Waals surface area contributed by atoms with E-state index >= 15 is 0 Å². The third kappa shape index (κ3) is 8.77. The second-order valence-electron chi connectivity index (χ2n) is 8.21. The fourth-order valence-electron chi connectivity index (χ4n) is 3.19. The standard InChI is InChI=1S/C24H30Cl2N4O5S/c1-16-20(25)11-12-21(23(16)26)36(33,34)15-28-13-5-4-6-22(32)30(3)14-18-7-9-19(10-8-18)24(27)29-35-17(2)31/h7-12,28H,4-6,13-15H2,1-3H3,(H2,27,29). The molecule has 0 aliphatic heterocycles. The number of nitrogens with one attached hydrogen (secondary N) is 1. The Morgan fingerprint density at radius 2 is 1.78 bits per heavy atom. The fraction of sp³-hybridized carbons (Fsp3) is 0.375. The molecule has 12 heteroatoms. The molecule has 0 saturated heterocycles. The summed E-state index contributed by atoms with van der Waals surface area (Å²) in [6, 6.07) is 10.0. The molecule has 1 amide bonds. The minimum atomic E-state index is -3.61.